The first-order valence-electron chi connectivity index (χ1n) is 8.55. The van der Waals surface area contributed by atoms with Gasteiger partial charge in [-0.2, -0.15) is 0 Å². The molecule has 7 heteroatoms. The predicted molar refractivity (Wildman–Crippen MR) is 114 cm³/mol. The molecule has 2 aromatic carbocycles. The Hall–Kier alpha value is -2.38. The fourth-order valence-corrected chi connectivity index (χ4v) is 3.25. The molecule has 1 heterocycles. The Balaban J connectivity index is 1.92. The van der Waals surface area contributed by atoms with Gasteiger partial charge in [0, 0.05) is 16.1 Å². The topological polar surface area (TPSA) is 50.8 Å². The molecule has 2 aromatic rings. The summed E-state index contributed by atoms with van der Waals surface area (Å²) in [6, 6.07) is 12.9. The molecule has 0 aliphatic carbocycles. The number of hydrogen-bond acceptors (Lipinski definition) is 4. The molecule has 1 aliphatic rings. The standard InChI is InChI=1S/C20H19BrN2O3S/c1-3-25-16-10-5-13(18(12-16)26-4-2)11-17-19(24)23(20(27)22-17)15-8-6-14(21)7-9-15/h5-12H,3-4H2,1-2H3,(H,22,27)/b17-11-. The zero-order valence-electron chi connectivity index (χ0n) is 15.0. The summed E-state index contributed by atoms with van der Waals surface area (Å²) >= 11 is 8.75. The molecule has 1 amide bonds. The lowest BCUT2D eigenvalue weighted by molar-refractivity contribution is -0.113. The highest BCUT2D eigenvalue weighted by Gasteiger charge is 2.32. The van der Waals surface area contributed by atoms with Gasteiger partial charge in [0.25, 0.3) is 5.91 Å². The van der Waals surface area contributed by atoms with Crippen molar-refractivity contribution in [2.24, 2.45) is 0 Å². The third kappa shape index (κ3) is 4.31. The average Bonchev–Trinajstić information content (AvgIpc) is 2.92. The van der Waals surface area contributed by atoms with Crippen LogP contribution in [0.25, 0.3) is 6.08 Å². The van der Waals surface area contributed by atoms with Crippen LogP contribution in [0.1, 0.15) is 19.4 Å². The van der Waals surface area contributed by atoms with Crippen LogP contribution in [0.2, 0.25) is 0 Å². The molecule has 5 nitrogen and oxygen atoms in total. The Morgan fingerprint density at radius 1 is 1.11 bits per heavy atom. The van der Waals surface area contributed by atoms with Crippen LogP contribution in [-0.4, -0.2) is 24.2 Å². The number of anilines is 1. The van der Waals surface area contributed by atoms with E-state index >= 15 is 0 Å². The second-order valence-electron chi connectivity index (χ2n) is 5.67. The van der Waals surface area contributed by atoms with Crippen molar-refractivity contribution in [3.8, 4) is 11.5 Å². The number of rotatable bonds is 6. The Morgan fingerprint density at radius 3 is 2.48 bits per heavy atom. The summed E-state index contributed by atoms with van der Waals surface area (Å²) in [7, 11) is 0. The van der Waals surface area contributed by atoms with Gasteiger partial charge in [-0.15, -0.1) is 0 Å². The highest BCUT2D eigenvalue weighted by atomic mass is 79.9. The number of carbonyl (C=O) groups is 1. The third-order valence-corrected chi connectivity index (χ3v) is 4.67. The molecular formula is C20H19BrN2O3S. The van der Waals surface area contributed by atoms with Crippen LogP contribution in [0.15, 0.2) is 52.6 Å². The Bertz CT molecular complexity index is 897. The normalized spacial score (nSPS) is 15.2. The van der Waals surface area contributed by atoms with Crippen molar-refractivity contribution in [3.05, 3.63) is 58.2 Å². The van der Waals surface area contributed by atoms with E-state index in [1.807, 2.05) is 56.3 Å². The molecule has 0 saturated carbocycles. The van der Waals surface area contributed by atoms with Gasteiger partial charge in [0.15, 0.2) is 5.11 Å². The zero-order valence-corrected chi connectivity index (χ0v) is 17.4. The number of halogens is 1. The number of nitrogens with one attached hydrogen (secondary N) is 1. The SMILES string of the molecule is CCOc1ccc(/C=C2\NC(=S)N(c3ccc(Br)cc3)C2=O)c(OCC)c1. The van der Waals surface area contributed by atoms with E-state index in [9.17, 15) is 4.79 Å². The van der Waals surface area contributed by atoms with E-state index in [2.05, 4.69) is 21.2 Å². The molecule has 0 atom stereocenters. The summed E-state index contributed by atoms with van der Waals surface area (Å²) in [6.45, 7) is 4.92. The first kappa shape index (κ1) is 19.4. The van der Waals surface area contributed by atoms with Gasteiger partial charge < -0.3 is 14.8 Å². The van der Waals surface area contributed by atoms with E-state index in [0.717, 1.165) is 15.8 Å². The molecular weight excluding hydrogens is 428 g/mol. The van der Waals surface area contributed by atoms with Gasteiger partial charge >= 0.3 is 0 Å². The predicted octanol–water partition coefficient (Wildman–Crippen LogP) is 4.51. The first-order valence-corrected chi connectivity index (χ1v) is 9.76. The maximum atomic E-state index is 12.9. The van der Waals surface area contributed by atoms with Crippen molar-refractivity contribution in [3.63, 3.8) is 0 Å². The molecule has 1 N–H and O–H groups in total. The maximum Gasteiger partial charge on any atom is 0.281 e. The van der Waals surface area contributed by atoms with Crippen LogP contribution >= 0.6 is 28.1 Å². The van der Waals surface area contributed by atoms with Gasteiger partial charge in [0.1, 0.15) is 17.2 Å². The molecule has 140 valence electrons. The van der Waals surface area contributed by atoms with E-state index in [1.54, 1.807) is 6.08 Å². The summed E-state index contributed by atoms with van der Waals surface area (Å²) in [5, 5.41) is 3.34. The Morgan fingerprint density at radius 2 is 1.81 bits per heavy atom. The zero-order chi connectivity index (χ0) is 19.4. The van der Waals surface area contributed by atoms with Crippen molar-refractivity contribution < 1.29 is 14.3 Å². The Kier molecular flexibility index (Phi) is 6.13. The van der Waals surface area contributed by atoms with Crippen LogP contribution in [0.4, 0.5) is 5.69 Å². The number of nitrogens with zero attached hydrogens (tertiary/aromatic N) is 1. The van der Waals surface area contributed by atoms with Gasteiger partial charge in [0.2, 0.25) is 0 Å². The largest absolute Gasteiger partial charge is 0.494 e. The van der Waals surface area contributed by atoms with E-state index in [-0.39, 0.29) is 5.91 Å². The van der Waals surface area contributed by atoms with Gasteiger partial charge in [-0.25, -0.2) is 0 Å². The number of thiocarbonyl (C=S) groups is 1. The maximum absolute atomic E-state index is 12.9. The smallest absolute Gasteiger partial charge is 0.281 e. The molecule has 1 aliphatic heterocycles. The minimum Gasteiger partial charge on any atom is -0.494 e. The second-order valence-corrected chi connectivity index (χ2v) is 6.97. The number of benzene rings is 2. The quantitative estimate of drug-likeness (QED) is 0.522. The van der Waals surface area contributed by atoms with E-state index in [1.165, 1.54) is 4.90 Å². The summed E-state index contributed by atoms with van der Waals surface area (Å²) < 4.78 is 12.2. The molecule has 3 rings (SSSR count). The van der Waals surface area contributed by atoms with Crippen molar-refractivity contribution in [2.75, 3.05) is 18.1 Å². The van der Waals surface area contributed by atoms with Gasteiger partial charge in [-0.3, -0.25) is 9.69 Å². The highest BCUT2D eigenvalue weighted by molar-refractivity contribution is 9.10. The number of hydrogen-bond donors (Lipinski definition) is 1. The molecule has 27 heavy (non-hydrogen) atoms. The fourth-order valence-electron chi connectivity index (χ4n) is 2.69. The van der Waals surface area contributed by atoms with Crippen LogP contribution < -0.4 is 19.7 Å². The number of ether oxygens (including phenoxy) is 2. The molecule has 0 unspecified atom stereocenters. The molecule has 0 radical (unpaired) electrons. The monoisotopic (exact) mass is 446 g/mol. The van der Waals surface area contributed by atoms with Crippen LogP contribution in [-0.2, 0) is 4.79 Å². The number of carbonyl (C=O) groups excluding carboxylic acids is 1. The summed E-state index contributed by atoms with van der Waals surface area (Å²) in [4.78, 5) is 14.3. The average molecular weight is 447 g/mol. The first-order chi connectivity index (χ1) is 13.0. The van der Waals surface area contributed by atoms with Crippen molar-refractivity contribution in [1.82, 2.24) is 5.32 Å². The molecule has 1 saturated heterocycles. The summed E-state index contributed by atoms with van der Waals surface area (Å²) in [5.74, 6) is 1.16. The summed E-state index contributed by atoms with van der Waals surface area (Å²) in [6.07, 6.45) is 1.74. The summed E-state index contributed by atoms with van der Waals surface area (Å²) in [5.41, 5.74) is 1.88. The minimum atomic E-state index is -0.210. The lowest BCUT2D eigenvalue weighted by Gasteiger charge is -2.13. The van der Waals surface area contributed by atoms with Crippen molar-refractivity contribution >= 4 is 50.9 Å². The van der Waals surface area contributed by atoms with E-state index in [4.69, 9.17) is 21.7 Å². The minimum absolute atomic E-state index is 0.210. The van der Waals surface area contributed by atoms with Gasteiger partial charge in [-0.05, 0) is 68.5 Å². The molecule has 1 fully saturated rings. The second kappa shape index (κ2) is 8.54. The molecule has 0 bridgehead atoms. The third-order valence-electron chi connectivity index (χ3n) is 3.86. The van der Waals surface area contributed by atoms with Crippen molar-refractivity contribution in [1.29, 1.82) is 0 Å². The lowest BCUT2D eigenvalue weighted by atomic mass is 10.1. The van der Waals surface area contributed by atoms with Gasteiger partial charge in [0.05, 0.1) is 18.9 Å². The fraction of sp³-hybridized carbons (Fsp3) is 0.200. The van der Waals surface area contributed by atoms with Crippen LogP contribution in [0, 0.1) is 0 Å². The number of amides is 1. The van der Waals surface area contributed by atoms with Crippen molar-refractivity contribution in [2.45, 2.75) is 13.8 Å². The lowest BCUT2D eigenvalue weighted by Crippen LogP contribution is -2.30. The highest BCUT2D eigenvalue weighted by Crippen LogP contribution is 2.29. The van der Waals surface area contributed by atoms with Gasteiger partial charge in [-0.1, -0.05) is 15.9 Å². The van der Waals surface area contributed by atoms with E-state index in [0.29, 0.717) is 35.5 Å². The molecule has 0 spiro atoms. The molecule has 0 aromatic heterocycles. The van der Waals surface area contributed by atoms with Crippen LogP contribution in [0.3, 0.4) is 0 Å². The van der Waals surface area contributed by atoms with Crippen LogP contribution in [0.5, 0.6) is 11.5 Å². The Labute approximate surface area is 172 Å². The van der Waals surface area contributed by atoms with E-state index < -0.39 is 0 Å².